The average molecular weight is 221 g/mol. The Morgan fingerprint density at radius 1 is 1.09 bits per heavy atom. The van der Waals surface area contributed by atoms with Gasteiger partial charge in [-0.15, -0.1) is 0 Å². The average Bonchev–Trinajstić information content (AvgIpc) is 2.04. The van der Waals surface area contributed by atoms with E-state index in [0.717, 1.165) is 17.2 Å². The van der Waals surface area contributed by atoms with E-state index in [1.807, 2.05) is 0 Å². The normalized spacial score (nSPS) is 16.4. The highest BCUT2D eigenvalue weighted by Gasteiger charge is 2.01. The van der Waals surface area contributed by atoms with Crippen LogP contribution in [-0.4, -0.2) is 5.33 Å². The lowest BCUT2D eigenvalue weighted by molar-refractivity contribution is 0.452. The van der Waals surface area contributed by atoms with E-state index in [2.05, 4.69) is 36.7 Å². The molecular weight excluding hydrogens is 200 g/mol. The third-order valence-corrected chi connectivity index (χ3v) is 3.46. The molecule has 0 radical (unpaired) electrons. The molecule has 0 aromatic heterocycles. The van der Waals surface area contributed by atoms with E-state index in [4.69, 9.17) is 0 Å². The first-order chi connectivity index (χ1) is 5.20. The first-order valence-electron chi connectivity index (χ1n) is 4.76. The van der Waals surface area contributed by atoms with Gasteiger partial charge in [-0.25, -0.2) is 0 Å². The van der Waals surface area contributed by atoms with E-state index >= 15 is 0 Å². The zero-order valence-corrected chi connectivity index (χ0v) is 9.65. The molecule has 0 fully saturated rings. The molecule has 1 heteroatoms. The monoisotopic (exact) mass is 220 g/mol. The highest BCUT2D eigenvalue weighted by Crippen LogP contribution is 2.15. The Hall–Kier alpha value is 0.480. The molecule has 0 saturated heterocycles. The molecule has 0 saturated carbocycles. The van der Waals surface area contributed by atoms with Crippen LogP contribution < -0.4 is 0 Å². The Bertz CT molecular complexity index is 70.9. The molecule has 0 aromatic carbocycles. The maximum Gasteiger partial charge on any atom is 0.00570 e. The molecule has 0 aliphatic carbocycles. The van der Waals surface area contributed by atoms with Crippen LogP contribution in [0, 0.1) is 11.8 Å². The minimum atomic E-state index is 0.860. The zero-order valence-electron chi connectivity index (χ0n) is 8.07. The Labute approximate surface area is 79.9 Å². The summed E-state index contributed by atoms with van der Waals surface area (Å²) < 4.78 is 0. The minimum absolute atomic E-state index is 0.860. The highest BCUT2D eigenvalue weighted by molar-refractivity contribution is 9.09. The third-order valence-electron chi connectivity index (χ3n) is 2.35. The van der Waals surface area contributed by atoms with Gasteiger partial charge in [0.25, 0.3) is 0 Å². The third kappa shape index (κ3) is 6.86. The summed E-state index contributed by atoms with van der Waals surface area (Å²) in [6.07, 6.45) is 5.54. The Morgan fingerprint density at radius 2 is 1.64 bits per heavy atom. The van der Waals surface area contributed by atoms with E-state index < -0.39 is 0 Å². The lowest BCUT2D eigenvalue weighted by atomic mass is 9.98. The molecule has 0 bridgehead atoms. The summed E-state index contributed by atoms with van der Waals surface area (Å²) in [5.74, 6) is 1.79. The summed E-state index contributed by atoms with van der Waals surface area (Å²) in [6, 6.07) is 0. The van der Waals surface area contributed by atoms with Gasteiger partial charge in [0.2, 0.25) is 0 Å². The molecule has 0 N–H and O–H groups in total. The van der Waals surface area contributed by atoms with Crippen LogP contribution in [-0.2, 0) is 0 Å². The molecule has 2 atom stereocenters. The van der Waals surface area contributed by atoms with Crippen LogP contribution in [0.25, 0.3) is 0 Å². The van der Waals surface area contributed by atoms with Crippen molar-refractivity contribution in [2.75, 3.05) is 5.33 Å². The van der Waals surface area contributed by atoms with E-state index in [0.29, 0.717) is 0 Å². The van der Waals surface area contributed by atoms with E-state index in [9.17, 15) is 0 Å². The van der Waals surface area contributed by atoms with Crippen molar-refractivity contribution in [1.29, 1.82) is 0 Å². The Morgan fingerprint density at radius 3 is 2.09 bits per heavy atom. The van der Waals surface area contributed by atoms with Crippen LogP contribution in [0.3, 0.4) is 0 Å². The summed E-state index contributed by atoms with van der Waals surface area (Å²) >= 11 is 3.50. The topological polar surface area (TPSA) is 0 Å². The van der Waals surface area contributed by atoms with Crippen molar-refractivity contribution in [3.63, 3.8) is 0 Å². The predicted molar refractivity (Wildman–Crippen MR) is 56.3 cm³/mol. The molecule has 0 aliphatic heterocycles. The molecule has 68 valence electrons. The molecule has 0 heterocycles. The summed E-state index contributed by atoms with van der Waals surface area (Å²) in [5.41, 5.74) is 0. The SMILES string of the molecule is CCC(C)CCCC(C)CBr. The van der Waals surface area contributed by atoms with E-state index in [-0.39, 0.29) is 0 Å². The minimum Gasteiger partial charge on any atom is -0.0925 e. The van der Waals surface area contributed by atoms with Crippen molar-refractivity contribution >= 4 is 15.9 Å². The second-order valence-corrected chi connectivity index (χ2v) is 4.35. The summed E-state index contributed by atoms with van der Waals surface area (Å²) in [6.45, 7) is 6.93. The van der Waals surface area contributed by atoms with Gasteiger partial charge in [-0.2, -0.15) is 0 Å². The number of rotatable bonds is 6. The fourth-order valence-electron chi connectivity index (χ4n) is 1.10. The standard InChI is InChI=1S/C10H21Br/c1-4-9(2)6-5-7-10(3)8-11/h9-10H,4-8H2,1-3H3. The molecule has 0 aliphatic rings. The highest BCUT2D eigenvalue weighted by atomic mass is 79.9. The second-order valence-electron chi connectivity index (χ2n) is 3.70. The largest absolute Gasteiger partial charge is 0.0925 e. The Kier molecular flexibility index (Phi) is 7.46. The van der Waals surface area contributed by atoms with Gasteiger partial charge in [-0.3, -0.25) is 0 Å². The van der Waals surface area contributed by atoms with Gasteiger partial charge in [0.05, 0.1) is 0 Å². The number of alkyl halides is 1. The molecule has 11 heavy (non-hydrogen) atoms. The quantitative estimate of drug-likeness (QED) is 0.588. The first-order valence-corrected chi connectivity index (χ1v) is 5.88. The van der Waals surface area contributed by atoms with Crippen LogP contribution in [0.2, 0.25) is 0 Å². The van der Waals surface area contributed by atoms with Crippen LogP contribution >= 0.6 is 15.9 Å². The maximum absolute atomic E-state index is 3.50. The molecule has 0 nitrogen and oxygen atoms in total. The fraction of sp³-hybridized carbons (Fsp3) is 1.00. The van der Waals surface area contributed by atoms with Crippen LogP contribution in [0.15, 0.2) is 0 Å². The number of hydrogen-bond acceptors (Lipinski definition) is 0. The lowest BCUT2D eigenvalue weighted by Crippen LogP contribution is -1.98. The summed E-state index contributed by atoms with van der Waals surface area (Å²) in [5, 5.41) is 1.16. The molecule has 0 rings (SSSR count). The predicted octanol–water partition coefficient (Wildman–Crippen LogP) is 4.23. The molecule has 0 aromatic rings. The Balaban J connectivity index is 3.13. The molecule has 2 unspecified atom stereocenters. The van der Waals surface area contributed by atoms with E-state index in [1.165, 1.54) is 25.7 Å². The fourth-order valence-corrected chi connectivity index (χ4v) is 1.42. The van der Waals surface area contributed by atoms with Crippen LogP contribution in [0.1, 0.15) is 46.5 Å². The van der Waals surface area contributed by atoms with Crippen molar-refractivity contribution in [1.82, 2.24) is 0 Å². The van der Waals surface area contributed by atoms with Gasteiger partial charge in [-0.1, -0.05) is 56.0 Å². The van der Waals surface area contributed by atoms with Gasteiger partial charge in [0, 0.05) is 5.33 Å². The van der Waals surface area contributed by atoms with Crippen molar-refractivity contribution in [3.8, 4) is 0 Å². The second kappa shape index (κ2) is 7.15. The summed E-state index contributed by atoms with van der Waals surface area (Å²) in [4.78, 5) is 0. The van der Waals surface area contributed by atoms with Crippen LogP contribution in [0.5, 0.6) is 0 Å². The number of hydrogen-bond donors (Lipinski definition) is 0. The van der Waals surface area contributed by atoms with Gasteiger partial charge in [-0.05, 0) is 18.3 Å². The van der Waals surface area contributed by atoms with Gasteiger partial charge >= 0.3 is 0 Å². The molecule has 0 spiro atoms. The van der Waals surface area contributed by atoms with Crippen molar-refractivity contribution in [3.05, 3.63) is 0 Å². The van der Waals surface area contributed by atoms with Gasteiger partial charge in [0.15, 0.2) is 0 Å². The van der Waals surface area contributed by atoms with Crippen molar-refractivity contribution < 1.29 is 0 Å². The van der Waals surface area contributed by atoms with Gasteiger partial charge in [0.1, 0.15) is 0 Å². The van der Waals surface area contributed by atoms with Crippen LogP contribution in [0.4, 0.5) is 0 Å². The van der Waals surface area contributed by atoms with Gasteiger partial charge < -0.3 is 0 Å². The molecular formula is C10H21Br. The first kappa shape index (κ1) is 11.5. The maximum atomic E-state index is 3.50. The summed E-state index contributed by atoms with van der Waals surface area (Å²) in [7, 11) is 0. The smallest absolute Gasteiger partial charge is 0.00570 e. The number of halogens is 1. The van der Waals surface area contributed by atoms with Crippen molar-refractivity contribution in [2.45, 2.75) is 46.5 Å². The zero-order chi connectivity index (χ0) is 8.69. The van der Waals surface area contributed by atoms with E-state index in [1.54, 1.807) is 0 Å². The lowest BCUT2D eigenvalue weighted by Gasteiger charge is -2.10. The molecule has 0 amide bonds. The van der Waals surface area contributed by atoms with Crippen molar-refractivity contribution in [2.24, 2.45) is 11.8 Å².